The van der Waals surface area contributed by atoms with Gasteiger partial charge in [0.05, 0.1) is 11.4 Å². The fraction of sp³-hybridized carbons (Fsp3) is 0.192. The lowest BCUT2D eigenvalue weighted by molar-refractivity contribution is -0.122. The number of nitrogens with one attached hydrogen (secondary N) is 2. The van der Waals surface area contributed by atoms with Crippen molar-refractivity contribution in [2.75, 3.05) is 5.32 Å². The van der Waals surface area contributed by atoms with Crippen LogP contribution < -0.4 is 10.6 Å². The molecule has 0 atom stereocenters. The average molecular weight is 536 g/mol. The maximum absolute atomic E-state index is 12.1. The van der Waals surface area contributed by atoms with Gasteiger partial charge in [0, 0.05) is 39.1 Å². The Morgan fingerprint density at radius 3 is 2.32 bits per heavy atom. The van der Waals surface area contributed by atoms with Crippen LogP contribution in [0.5, 0.6) is 0 Å². The molecular weight excluding hydrogens is 510 g/mol. The number of amides is 1. The summed E-state index contributed by atoms with van der Waals surface area (Å²) in [6, 6.07) is 22.1. The molecule has 1 amide bonds. The van der Waals surface area contributed by atoms with Gasteiger partial charge in [-0.05, 0) is 68.5 Å². The van der Waals surface area contributed by atoms with Crippen molar-refractivity contribution in [3.8, 4) is 22.6 Å². The topological polar surface area (TPSA) is 63.9 Å². The fourth-order valence-electron chi connectivity index (χ4n) is 3.78. The second-order valence-corrected chi connectivity index (χ2v) is 9.68. The van der Waals surface area contributed by atoms with Gasteiger partial charge in [-0.3, -0.25) is 4.79 Å². The molecule has 0 saturated carbocycles. The number of carbonyl (C=O) groups is 1. The van der Waals surface area contributed by atoms with Crippen LogP contribution in [0, 0.1) is 19.8 Å². The van der Waals surface area contributed by atoms with Crippen LogP contribution in [0.1, 0.15) is 25.2 Å². The Hall–Kier alpha value is -3.23. The molecule has 0 saturated heterocycles. The zero-order chi connectivity index (χ0) is 24.4. The number of hydrogen-bond donors (Lipinski definition) is 2. The van der Waals surface area contributed by atoms with Gasteiger partial charge in [-0.2, -0.15) is 5.10 Å². The molecule has 2 aromatic heterocycles. The minimum Gasteiger partial charge on any atom is -0.318 e. The molecule has 2 heterocycles. The lowest BCUT2D eigenvalue weighted by Gasteiger charge is -2.12. The van der Waals surface area contributed by atoms with E-state index >= 15 is 0 Å². The molecule has 2 N–H and O–H groups in total. The van der Waals surface area contributed by atoms with E-state index in [1.165, 1.54) is 0 Å². The predicted molar refractivity (Wildman–Crippen MR) is 145 cm³/mol. The number of aromatic nitrogens is 3. The number of rotatable bonds is 5. The lowest BCUT2D eigenvalue weighted by atomic mass is 10.2. The zero-order valence-corrected chi connectivity index (χ0v) is 21.9. The Morgan fingerprint density at radius 2 is 1.68 bits per heavy atom. The molecule has 0 radical (unpaired) electrons. The Bertz CT molecular complexity index is 1340. The highest BCUT2D eigenvalue weighted by molar-refractivity contribution is 9.10. The number of halogens is 1. The van der Waals surface area contributed by atoms with E-state index in [-0.39, 0.29) is 16.9 Å². The van der Waals surface area contributed by atoms with E-state index in [9.17, 15) is 4.79 Å². The summed E-state index contributed by atoms with van der Waals surface area (Å²) in [4.78, 5) is 12.1. The Morgan fingerprint density at radius 1 is 1.00 bits per heavy atom. The minimum absolute atomic E-state index is 0.137. The summed E-state index contributed by atoms with van der Waals surface area (Å²) in [6.07, 6.45) is 0. The van der Waals surface area contributed by atoms with Crippen LogP contribution in [0.4, 0.5) is 5.82 Å². The minimum atomic E-state index is -0.168. The van der Waals surface area contributed by atoms with Gasteiger partial charge >= 0.3 is 0 Å². The smallest absolute Gasteiger partial charge is 0.228 e. The number of thiocarbonyl (C=S) groups is 1. The van der Waals surface area contributed by atoms with Gasteiger partial charge in [0.1, 0.15) is 5.82 Å². The Kier molecular flexibility index (Phi) is 7.00. The van der Waals surface area contributed by atoms with Gasteiger partial charge in [0.25, 0.3) is 0 Å². The lowest BCUT2D eigenvalue weighted by Crippen LogP contribution is -2.37. The first-order chi connectivity index (χ1) is 16.2. The van der Waals surface area contributed by atoms with E-state index < -0.39 is 0 Å². The van der Waals surface area contributed by atoms with E-state index in [1.54, 1.807) is 4.68 Å². The number of anilines is 1. The molecule has 6 nitrogen and oxygen atoms in total. The third-order valence-electron chi connectivity index (χ3n) is 5.50. The monoisotopic (exact) mass is 535 g/mol. The van der Waals surface area contributed by atoms with Crippen LogP contribution in [0.3, 0.4) is 0 Å². The molecule has 2 aromatic carbocycles. The third-order valence-corrected chi connectivity index (χ3v) is 6.24. The maximum atomic E-state index is 12.1. The summed E-state index contributed by atoms with van der Waals surface area (Å²) < 4.78 is 5.05. The normalized spacial score (nSPS) is 11.0. The Balaban J connectivity index is 1.75. The molecule has 0 aliphatic heterocycles. The van der Waals surface area contributed by atoms with E-state index in [1.807, 2.05) is 62.4 Å². The van der Waals surface area contributed by atoms with Gasteiger partial charge in [-0.1, -0.05) is 48.0 Å². The number of hydrogen-bond acceptors (Lipinski definition) is 3. The van der Waals surface area contributed by atoms with Crippen LogP contribution in [0.2, 0.25) is 0 Å². The Labute approximate surface area is 213 Å². The molecular formula is C26H26BrN5OS. The van der Waals surface area contributed by atoms with E-state index in [2.05, 4.69) is 63.2 Å². The average Bonchev–Trinajstić information content (AvgIpc) is 3.35. The first-order valence-corrected chi connectivity index (χ1v) is 12.2. The molecule has 4 rings (SSSR count). The fourth-order valence-corrected chi connectivity index (χ4v) is 4.25. The first kappa shape index (κ1) is 23.9. The molecule has 0 aliphatic carbocycles. The molecule has 34 heavy (non-hydrogen) atoms. The zero-order valence-electron chi connectivity index (χ0n) is 19.5. The van der Waals surface area contributed by atoms with E-state index in [0.29, 0.717) is 5.82 Å². The number of nitrogens with zero attached hydrogens (tertiary/aromatic N) is 3. The van der Waals surface area contributed by atoms with Crippen molar-refractivity contribution in [1.82, 2.24) is 19.7 Å². The highest BCUT2D eigenvalue weighted by Crippen LogP contribution is 2.31. The highest BCUT2D eigenvalue weighted by atomic mass is 79.9. The molecule has 0 aliphatic rings. The van der Waals surface area contributed by atoms with Gasteiger partial charge in [0.15, 0.2) is 5.11 Å². The van der Waals surface area contributed by atoms with Gasteiger partial charge in [-0.25, -0.2) is 4.68 Å². The van der Waals surface area contributed by atoms with Crippen LogP contribution in [0.15, 0.2) is 71.2 Å². The van der Waals surface area contributed by atoms with Crippen molar-refractivity contribution < 1.29 is 4.79 Å². The number of aryl methyl sites for hydroxylation is 1. The summed E-state index contributed by atoms with van der Waals surface area (Å²) >= 11 is 8.91. The summed E-state index contributed by atoms with van der Waals surface area (Å²) in [5.74, 6) is 0.364. The molecule has 0 fully saturated rings. The quantitative estimate of drug-likeness (QED) is 0.299. The number of para-hydroxylation sites is 1. The summed E-state index contributed by atoms with van der Waals surface area (Å²) in [5, 5.41) is 11.0. The summed E-state index contributed by atoms with van der Waals surface area (Å²) in [5.41, 5.74) is 5.99. The largest absolute Gasteiger partial charge is 0.318 e. The molecule has 8 heteroatoms. The second-order valence-electron chi connectivity index (χ2n) is 8.36. The molecule has 0 unspecified atom stereocenters. The molecule has 0 bridgehead atoms. The van der Waals surface area contributed by atoms with Gasteiger partial charge < -0.3 is 15.2 Å². The van der Waals surface area contributed by atoms with Gasteiger partial charge in [-0.15, -0.1) is 0 Å². The first-order valence-electron chi connectivity index (χ1n) is 11.0. The van der Waals surface area contributed by atoms with Crippen molar-refractivity contribution in [1.29, 1.82) is 0 Å². The van der Waals surface area contributed by atoms with Gasteiger partial charge in [0.2, 0.25) is 5.91 Å². The third kappa shape index (κ3) is 4.98. The van der Waals surface area contributed by atoms with Crippen molar-refractivity contribution in [2.45, 2.75) is 27.7 Å². The predicted octanol–water partition coefficient (Wildman–Crippen LogP) is 6.18. The second kappa shape index (κ2) is 9.95. The SMILES string of the molecule is Cc1cc(-c2cc(NC(=S)NC(=O)C(C)C)n(-c3ccccc3)n2)c(C)n1-c1ccc(Br)cc1. The molecule has 4 aromatic rings. The van der Waals surface area contributed by atoms with Crippen LogP contribution in [-0.4, -0.2) is 25.4 Å². The number of benzene rings is 2. The van der Waals surface area contributed by atoms with E-state index in [0.717, 1.165) is 38.5 Å². The molecule has 0 spiro atoms. The summed E-state index contributed by atoms with van der Waals surface area (Å²) in [6.45, 7) is 7.83. The maximum Gasteiger partial charge on any atom is 0.228 e. The van der Waals surface area contributed by atoms with Crippen molar-refractivity contribution in [2.24, 2.45) is 5.92 Å². The van der Waals surface area contributed by atoms with Crippen LogP contribution >= 0.6 is 28.1 Å². The van der Waals surface area contributed by atoms with Crippen LogP contribution in [-0.2, 0) is 4.79 Å². The van der Waals surface area contributed by atoms with E-state index in [4.69, 9.17) is 17.3 Å². The van der Waals surface area contributed by atoms with Crippen molar-refractivity contribution >= 4 is 45.0 Å². The molecule has 174 valence electrons. The van der Waals surface area contributed by atoms with Crippen molar-refractivity contribution in [3.05, 3.63) is 82.6 Å². The number of carbonyl (C=O) groups excluding carboxylic acids is 1. The standard InChI is InChI=1S/C26H26BrN5OS/c1-16(2)25(33)29-26(34)28-24-15-23(30-32(24)21-8-6-5-7-9-21)22-14-17(3)31(18(22)4)20-12-10-19(27)11-13-20/h5-16H,1-4H3,(H2,28,29,33,34). The van der Waals surface area contributed by atoms with Crippen molar-refractivity contribution in [3.63, 3.8) is 0 Å². The van der Waals surface area contributed by atoms with Crippen LogP contribution in [0.25, 0.3) is 22.6 Å². The summed E-state index contributed by atoms with van der Waals surface area (Å²) in [7, 11) is 0. The highest BCUT2D eigenvalue weighted by Gasteiger charge is 2.19.